The summed E-state index contributed by atoms with van der Waals surface area (Å²) in [6, 6.07) is 9.84. The topological polar surface area (TPSA) is 163 Å². The third-order valence-corrected chi connectivity index (χ3v) is 9.15. The van der Waals surface area contributed by atoms with Gasteiger partial charge < -0.3 is 25.4 Å². The van der Waals surface area contributed by atoms with E-state index in [2.05, 4.69) is 15.3 Å². The molecule has 2 aromatic carbocycles. The maximum atomic E-state index is 14.6. The first-order chi connectivity index (χ1) is 20.7. The van der Waals surface area contributed by atoms with Crippen molar-refractivity contribution in [1.29, 1.82) is 0 Å². The van der Waals surface area contributed by atoms with Crippen LogP contribution in [-0.4, -0.2) is 63.3 Å². The number of alkyl halides is 3. The second-order valence-electron chi connectivity index (χ2n) is 10.9. The Balaban J connectivity index is 1.42. The second kappa shape index (κ2) is 12.0. The normalized spacial score (nSPS) is 19.1. The molecule has 11 nitrogen and oxygen atoms in total. The monoisotopic (exact) mass is 654 g/mol. The molecule has 2 atom stereocenters. The fraction of sp³-hybridized carbons (Fsp3) is 0.393. The molecule has 5 rings (SSSR count). The van der Waals surface area contributed by atoms with Crippen molar-refractivity contribution in [2.45, 2.75) is 42.5 Å². The van der Waals surface area contributed by atoms with Gasteiger partial charge in [0.25, 0.3) is 0 Å². The number of nitrogen functional groups attached to an aromatic ring is 1. The zero-order valence-corrected chi connectivity index (χ0v) is 25.0. The van der Waals surface area contributed by atoms with Crippen molar-refractivity contribution < 1.29 is 35.9 Å². The van der Waals surface area contributed by atoms with Gasteiger partial charge in [0.05, 0.1) is 12.0 Å². The lowest BCUT2D eigenvalue weighted by Gasteiger charge is -2.39. The Hall–Kier alpha value is -3.66. The van der Waals surface area contributed by atoms with Crippen LogP contribution in [0.1, 0.15) is 30.9 Å². The minimum Gasteiger partial charge on any atom is -0.468 e. The number of halogens is 4. The molecular weight excluding hydrogens is 625 g/mol. The highest BCUT2D eigenvalue weighted by molar-refractivity contribution is 7.89. The third-order valence-electron chi connectivity index (χ3n) is 8.01. The summed E-state index contributed by atoms with van der Waals surface area (Å²) in [6.45, 7) is 1.70. The number of anilines is 2. The minimum absolute atomic E-state index is 0.00987. The van der Waals surface area contributed by atoms with E-state index >= 15 is 0 Å². The van der Waals surface area contributed by atoms with Crippen LogP contribution >= 0.6 is 11.6 Å². The van der Waals surface area contributed by atoms with Crippen LogP contribution < -0.4 is 25.8 Å². The first kappa shape index (κ1) is 31.8. The number of benzene rings is 2. The molecule has 3 heterocycles. The number of carbonyl (C=O) groups is 1. The lowest BCUT2D eigenvalue weighted by Crippen LogP contribution is -2.41. The van der Waals surface area contributed by atoms with Crippen LogP contribution in [0.4, 0.5) is 24.9 Å². The Morgan fingerprint density at radius 3 is 2.55 bits per heavy atom. The molecule has 5 N–H and O–H groups in total. The molecule has 3 aromatic rings. The molecule has 16 heteroatoms. The van der Waals surface area contributed by atoms with Crippen molar-refractivity contribution in [1.82, 2.24) is 15.3 Å². The molecular formula is C28H30ClF3N6O5S. The zero-order chi connectivity index (χ0) is 31.9. The van der Waals surface area contributed by atoms with Gasteiger partial charge in [0.2, 0.25) is 28.0 Å². The molecule has 0 saturated carbocycles. The predicted octanol–water partition coefficient (Wildman–Crippen LogP) is 3.83. The molecule has 0 amide bonds. The van der Waals surface area contributed by atoms with Gasteiger partial charge in [0.15, 0.2) is 0 Å². The molecule has 0 aliphatic carbocycles. The molecule has 1 aromatic heterocycles. The number of esters is 1. The average Bonchev–Trinajstić information content (AvgIpc) is 3.38. The van der Waals surface area contributed by atoms with E-state index in [0.29, 0.717) is 44.7 Å². The quantitative estimate of drug-likeness (QED) is 0.319. The average molecular weight is 655 g/mol. The number of piperidine rings is 1. The number of nitrogens with one attached hydrogen (secondary N) is 1. The number of methoxy groups -OCH3 is 1. The highest BCUT2D eigenvalue weighted by Gasteiger charge is 2.46. The molecule has 2 fully saturated rings. The number of carbonyl (C=O) groups excluding carboxylic acids is 1. The molecule has 0 unspecified atom stereocenters. The van der Waals surface area contributed by atoms with Gasteiger partial charge >= 0.3 is 12.1 Å². The minimum atomic E-state index is -4.93. The summed E-state index contributed by atoms with van der Waals surface area (Å²) >= 11 is 6.14. The third kappa shape index (κ3) is 6.85. The summed E-state index contributed by atoms with van der Waals surface area (Å²) in [5.74, 6) is -0.683. The van der Waals surface area contributed by atoms with Crippen molar-refractivity contribution >= 4 is 39.4 Å². The number of nitrogens with zero attached hydrogens (tertiary/aromatic N) is 3. The highest BCUT2D eigenvalue weighted by Crippen LogP contribution is 2.43. The molecule has 2 saturated heterocycles. The van der Waals surface area contributed by atoms with Gasteiger partial charge in [-0.1, -0.05) is 29.8 Å². The van der Waals surface area contributed by atoms with Gasteiger partial charge in [0.1, 0.15) is 11.9 Å². The SMILES string of the molecule is COC(=O)[C@@H]1CC2(CCN(c3cc(O[C@H](c4ccc(Cl)cc4-c4cccc(S(N)(=O)=O)c4)C(F)(F)F)nc(N)n3)CC2)CN1. The zero-order valence-electron chi connectivity index (χ0n) is 23.5. The number of primary sulfonamides is 1. The lowest BCUT2D eigenvalue weighted by molar-refractivity contribution is -0.198. The molecule has 44 heavy (non-hydrogen) atoms. The number of rotatable bonds is 7. The molecule has 2 aliphatic rings. The Kier molecular flexibility index (Phi) is 8.68. The summed E-state index contributed by atoms with van der Waals surface area (Å²) in [4.78, 5) is 21.7. The van der Waals surface area contributed by atoms with Crippen molar-refractivity contribution in [3.63, 3.8) is 0 Å². The van der Waals surface area contributed by atoms with Gasteiger partial charge in [-0.25, -0.2) is 13.6 Å². The van der Waals surface area contributed by atoms with Crippen molar-refractivity contribution in [3.05, 3.63) is 59.1 Å². The fourth-order valence-electron chi connectivity index (χ4n) is 5.74. The van der Waals surface area contributed by atoms with E-state index in [-0.39, 0.29) is 50.0 Å². The largest absolute Gasteiger partial charge is 0.468 e. The Labute approximate surface area is 256 Å². The predicted molar refractivity (Wildman–Crippen MR) is 156 cm³/mol. The number of aromatic nitrogens is 2. The van der Waals surface area contributed by atoms with Gasteiger partial charge in [-0.05, 0) is 60.1 Å². The number of sulfonamides is 1. The summed E-state index contributed by atoms with van der Waals surface area (Å²) in [5.41, 5.74) is 5.59. The molecule has 0 bridgehead atoms. The summed E-state index contributed by atoms with van der Waals surface area (Å²) in [5, 5.41) is 8.58. The van der Waals surface area contributed by atoms with E-state index < -0.39 is 28.2 Å². The van der Waals surface area contributed by atoms with Gasteiger partial charge in [-0.3, -0.25) is 4.79 Å². The first-order valence-electron chi connectivity index (χ1n) is 13.5. The van der Waals surface area contributed by atoms with E-state index in [1.54, 1.807) is 0 Å². The lowest BCUT2D eigenvalue weighted by atomic mass is 9.76. The van der Waals surface area contributed by atoms with Crippen LogP contribution in [0.2, 0.25) is 5.02 Å². The molecule has 0 radical (unpaired) electrons. The van der Waals surface area contributed by atoms with Gasteiger partial charge in [-0.15, -0.1) is 0 Å². The van der Waals surface area contributed by atoms with Crippen molar-refractivity contribution in [3.8, 4) is 17.0 Å². The van der Waals surface area contributed by atoms with E-state index in [0.717, 1.165) is 12.1 Å². The van der Waals surface area contributed by atoms with Crippen LogP contribution in [0.15, 0.2) is 53.4 Å². The Bertz CT molecular complexity index is 1670. The van der Waals surface area contributed by atoms with Crippen molar-refractivity contribution in [2.24, 2.45) is 10.6 Å². The Morgan fingerprint density at radius 2 is 1.89 bits per heavy atom. The molecule has 236 valence electrons. The smallest absolute Gasteiger partial charge is 0.429 e. The first-order valence-corrected chi connectivity index (χ1v) is 15.5. The maximum Gasteiger partial charge on any atom is 0.429 e. The standard InChI is InChI=1S/C28H30ClF3N6O5S/c1-42-25(39)21-14-27(15-35-21)7-9-38(10-8-27)22-13-23(37-26(33)36-22)43-24(28(30,31)32)19-6-5-17(29)12-20(19)16-3-2-4-18(11-16)44(34,40)41/h2-6,11-13,21,24,35H,7-10,14-15H2,1H3,(H2,33,36,37)(H2,34,40,41)/t21-,24+/m0/s1. The number of hydrogen-bond acceptors (Lipinski definition) is 10. The maximum absolute atomic E-state index is 14.6. The summed E-state index contributed by atoms with van der Waals surface area (Å²) < 4.78 is 78.0. The van der Waals surface area contributed by atoms with Crippen LogP contribution in [-0.2, 0) is 19.6 Å². The van der Waals surface area contributed by atoms with Crippen LogP contribution in [0.25, 0.3) is 11.1 Å². The van der Waals surface area contributed by atoms with Crippen LogP contribution in [0, 0.1) is 5.41 Å². The van der Waals surface area contributed by atoms with E-state index in [4.69, 9.17) is 31.9 Å². The van der Waals surface area contributed by atoms with Gasteiger partial charge in [0, 0.05) is 36.3 Å². The van der Waals surface area contributed by atoms with E-state index in [1.165, 1.54) is 43.5 Å². The molecule has 1 spiro atoms. The second-order valence-corrected chi connectivity index (χ2v) is 12.9. The fourth-order valence-corrected chi connectivity index (χ4v) is 6.48. The summed E-state index contributed by atoms with van der Waals surface area (Å²) in [7, 11) is -2.79. The summed E-state index contributed by atoms with van der Waals surface area (Å²) in [6.07, 6.45) is -5.40. The van der Waals surface area contributed by atoms with Crippen LogP contribution in [0.5, 0.6) is 5.88 Å². The van der Waals surface area contributed by atoms with Gasteiger partial charge in [-0.2, -0.15) is 23.1 Å². The highest BCUT2D eigenvalue weighted by atomic mass is 35.5. The van der Waals surface area contributed by atoms with E-state index in [9.17, 15) is 26.4 Å². The van der Waals surface area contributed by atoms with Crippen molar-refractivity contribution in [2.75, 3.05) is 37.4 Å². The number of hydrogen-bond donors (Lipinski definition) is 3. The number of nitrogens with two attached hydrogens (primary N) is 2. The Morgan fingerprint density at radius 1 is 1.16 bits per heavy atom. The number of ether oxygens (including phenoxy) is 2. The van der Waals surface area contributed by atoms with Crippen LogP contribution in [0.3, 0.4) is 0 Å². The van der Waals surface area contributed by atoms with E-state index in [1.807, 2.05) is 4.90 Å². The molecule has 2 aliphatic heterocycles.